The molecule has 6 nitrogen and oxygen atoms in total. The minimum Gasteiger partial charge on any atom is -0.434 e. The molecule has 0 spiro atoms. The number of nitrogens with zero attached hydrogens (tertiary/aromatic N) is 1. The Kier molecular flexibility index (Phi) is 9.52. The number of carbonyl (C=O) groups excluding carboxylic acids is 1. The predicted molar refractivity (Wildman–Crippen MR) is 102 cm³/mol. The SMILES string of the molecule is CCNC(=NCc1c(F)cccc1OC(F)F)NC1CCC(=O)NC1.I. The molecule has 0 radical (unpaired) electrons. The Morgan fingerprint density at radius 3 is 2.85 bits per heavy atom. The van der Waals surface area contributed by atoms with Gasteiger partial charge in [0, 0.05) is 25.6 Å². The van der Waals surface area contributed by atoms with Gasteiger partial charge in [0.25, 0.3) is 0 Å². The Morgan fingerprint density at radius 1 is 1.46 bits per heavy atom. The summed E-state index contributed by atoms with van der Waals surface area (Å²) < 4.78 is 43.2. The zero-order valence-electron chi connectivity index (χ0n) is 14.2. The van der Waals surface area contributed by atoms with Crippen LogP contribution < -0.4 is 20.7 Å². The van der Waals surface area contributed by atoms with Gasteiger partial charge in [0.15, 0.2) is 5.96 Å². The van der Waals surface area contributed by atoms with E-state index in [1.54, 1.807) is 0 Å². The number of nitrogens with one attached hydrogen (secondary N) is 3. The van der Waals surface area contributed by atoms with Crippen molar-refractivity contribution in [2.24, 2.45) is 4.99 Å². The summed E-state index contributed by atoms with van der Waals surface area (Å²) in [4.78, 5) is 15.4. The van der Waals surface area contributed by atoms with Gasteiger partial charge in [0.1, 0.15) is 11.6 Å². The van der Waals surface area contributed by atoms with E-state index in [1.165, 1.54) is 18.2 Å². The Balaban J connectivity index is 0.00000338. The van der Waals surface area contributed by atoms with E-state index in [1.807, 2.05) is 6.92 Å². The number of alkyl halides is 2. The van der Waals surface area contributed by atoms with E-state index >= 15 is 0 Å². The Morgan fingerprint density at radius 2 is 2.23 bits per heavy atom. The highest BCUT2D eigenvalue weighted by Gasteiger charge is 2.19. The zero-order valence-corrected chi connectivity index (χ0v) is 16.6. The van der Waals surface area contributed by atoms with Crippen LogP contribution in [0.2, 0.25) is 0 Å². The molecule has 1 aromatic carbocycles. The summed E-state index contributed by atoms with van der Waals surface area (Å²) in [5, 5.41) is 8.89. The number of rotatable bonds is 6. The average Bonchev–Trinajstić information content (AvgIpc) is 2.56. The van der Waals surface area contributed by atoms with Crippen LogP contribution in [0, 0.1) is 5.82 Å². The molecule has 2 rings (SSSR count). The quantitative estimate of drug-likeness (QED) is 0.328. The highest BCUT2D eigenvalue weighted by Crippen LogP contribution is 2.24. The van der Waals surface area contributed by atoms with Crippen molar-refractivity contribution in [2.75, 3.05) is 13.1 Å². The van der Waals surface area contributed by atoms with Crippen LogP contribution >= 0.6 is 24.0 Å². The monoisotopic (exact) mass is 486 g/mol. The summed E-state index contributed by atoms with van der Waals surface area (Å²) in [6, 6.07) is 3.74. The molecule has 1 amide bonds. The summed E-state index contributed by atoms with van der Waals surface area (Å²) in [6.07, 6.45) is 1.06. The first kappa shape index (κ1) is 22.3. The first-order valence-corrected chi connectivity index (χ1v) is 8.03. The van der Waals surface area contributed by atoms with Crippen LogP contribution in [0.4, 0.5) is 13.2 Å². The zero-order chi connectivity index (χ0) is 18.2. The van der Waals surface area contributed by atoms with E-state index in [0.717, 1.165) is 0 Å². The molecule has 1 aliphatic heterocycles. The van der Waals surface area contributed by atoms with E-state index in [4.69, 9.17) is 0 Å². The number of hydrogen-bond donors (Lipinski definition) is 3. The lowest BCUT2D eigenvalue weighted by Gasteiger charge is -2.25. The van der Waals surface area contributed by atoms with Gasteiger partial charge in [-0.1, -0.05) is 6.07 Å². The smallest absolute Gasteiger partial charge is 0.387 e. The van der Waals surface area contributed by atoms with Gasteiger partial charge in [-0.3, -0.25) is 4.79 Å². The molecule has 0 aromatic heterocycles. The number of benzene rings is 1. The Hall–Kier alpha value is -1.72. The van der Waals surface area contributed by atoms with Gasteiger partial charge in [0.05, 0.1) is 12.1 Å². The second kappa shape index (κ2) is 11.1. The number of ether oxygens (including phenoxy) is 1. The molecular formula is C16H22F3IN4O2. The van der Waals surface area contributed by atoms with Gasteiger partial charge in [-0.2, -0.15) is 8.78 Å². The topological polar surface area (TPSA) is 74.8 Å². The maximum atomic E-state index is 14.0. The highest BCUT2D eigenvalue weighted by atomic mass is 127. The fourth-order valence-corrected chi connectivity index (χ4v) is 2.43. The third-order valence-corrected chi connectivity index (χ3v) is 3.64. The van der Waals surface area contributed by atoms with Crippen molar-refractivity contribution in [1.29, 1.82) is 0 Å². The average molecular weight is 486 g/mol. The normalized spacial score (nSPS) is 17.3. The third-order valence-electron chi connectivity index (χ3n) is 3.64. The first-order chi connectivity index (χ1) is 12.0. The Bertz CT molecular complexity index is 622. The van der Waals surface area contributed by atoms with Gasteiger partial charge < -0.3 is 20.7 Å². The van der Waals surface area contributed by atoms with Crippen LogP contribution in [0.25, 0.3) is 0 Å². The van der Waals surface area contributed by atoms with Gasteiger partial charge in [-0.15, -0.1) is 24.0 Å². The van der Waals surface area contributed by atoms with Gasteiger partial charge in [0.2, 0.25) is 5.91 Å². The molecule has 1 aliphatic rings. The van der Waals surface area contributed by atoms with Crippen molar-refractivity contribution >= 4 is 35.8 Å². The number of aliphatic imine (C=N–C) groups is 1. The molecule has 3 N–H and O–H groups in total. The highest BCUT2D eigenvalue weighted by molar-refractivity contribution is 14.0. The summed E-state index contributed by atoms with van der Waals surface area (Å²) >= 11 is 0. The van der Waals surface area contributed by atoms with Crippen LogP contribution in [0.15, 0.2) is 23.2 Å². The number of piperidine rings is 1. The van der Waals surface area contributed by atoms with Crippen LogP contribution in [0.5, 0.6) is 5.75 Å². The second-order valence-electron chi connectivity index (χ2n) is 5.47. The molecule has 0 saturated carbocycles. The maximum Gasteiger partial charge on any atom is 0.387 e. The predicted octanol–water partition coefficient (Wildman–Crippen LogP) is 2.38. The molecule has 1 fully saturated rings. The van der Waals surface area contributed by atoms with Crippen LogP contribution in [0.3, 0.4) is 0 Å². The van der Waals surface area contributed by atoms with Crippen molar-refractivity contribution in [3.63, 3.8) is 0 Å². The molecule has 0 bridgehead atoms. The fourth-order valence-electron chi connectivity index (χ4n) is 2.43. The van der Waals surface area contributed by atoms with Crippen LogP contribution in [-0.2, 0) is 11.3 Å². The lowest BCUT2D eigenvalue weighted by Crippen LogP contribution is -2.51. The van der Waals surface area contributed by atoms with E-state index in [2.05, 4.69) is 25.7 Å². The van der Waals surface area contributed by atoms with Crippen LogP contribution in [0.1, 0.15) is 25.3 Å². The number of guanidine groups is 1. The summed E-state index contributed by atoms with van der Waals surface area (Å²) in [5.41, 5.74) is -0.0445. The van der Waals surface area contributed by atoms with Crippen molar-refractivity contribution < 1.29 is 22.7 Å². The molecule has 10 heteroatoms. The summed E-state index contributed by atoms with van der Waals surface area (Å²) in [6.45, 7) is -0.301. The summed E-state index contributed by atoms with van der Waals surface area (Å²) in [7, 11) is 0. The molecule has 0 aliphatic carbocycles. The number of carbonyl (C=O) groups is 1. The number of halogens is 4. The van der Waals surface area contributed by atoms with Gasteiger partial charge in [-0.25, -0.2) is 9.38 Å². The van der Waals surface area contributed by atoms with E-state index in [-0.39, 0.29) is 53.8 Å². The molecule has 1 atom stereocenters. The van der Waals surface area contributed by atoms with Crippen molar-refractivity contribution in [3.8, 4) is 5.75 Å². The fraction of sp³-hybridized carbons (Fsp3) is 0.500. The minimum absolute atomic E-state index is 0. The minimum atomic E-state index is -3.04. The molecule has 146 valence electrons. The standard InChI is InChI=1S/C16H21F3N4O2.HI/c1-2-20-16(23-10-6-7-14(24)21-8-10)22-9-11-12(17)4-3-5-13(11)25-15(18)19;/h3-5,10,15H,2,6-9H2,1H3,(H,21,24)(H2,20,22,23);1H. The largest absolute Gasteiger partial charge is 0.434 e. The molecule has 1 unspecified atom stereocenters. The van der Waals surface area contributed by atoms with Crippen molar-refractivity contribution in [2.45, 2.75) is 39.0 Å². The second-order valence-corrected chi connectivity index (χ2v) is 5.47. The van der Waals surface area contributed by atoms with Gasteiger partial charge in [-0.05, 0) is 25.5 Å². The van der Waals surface area contributed by atoms with E-state index in [9.17, 15) is 18.0 Å². The van der Waals surface area contributed by atoms with Crippen molar-refractivity contribution in [1.82, 2.24) is 16.0 Å². The van der Waals surface area contributed by atoms with Crippen molar-refractivity contribution in [3.05, 3.63) is 29.6 Å². The maximum absolute atomic E-state index is 14.0. The molecule has 1 saturated heterocycles. The summed E-state index contributed by atoms with van der Waals surface area (Å²) in [5.74, 6) is -0.489. The lowest BCUT2D eigenvalue weighted by molar-refractivity contribution is -0.122. The number of hydrogen-bond acceptors (Lipinski definition) is 3. The van der Waals surface area contributed by atoms with E-state index < -0.39 is 12.4 Å². The van der Waals surface area contributed by atoms with E-state index in [0.29, 0.717) is 31.9 Å². The molecular weight excluding hydrogens is 464 g/mol. The Labute approximate surface area is 167 Å². The van der Waals surface area contributed by atoms with Gasteiger partial charge >= 0.3 is 6.61 Å². The van der Waals surface area contributed by atoms with Crippen LogP contribution in [-0.4, -0.2) is 37.6 Å². The third kappa shape index (κ3) is 6.89. The molecule has 1 heterocycles. The molecule has 1 aromatic rings. The lowest BCUT2D eigenvalue weighted by atomic mass is 10.1. The first-order valence-electron chi connectivity index (χ1n) is 8.03. The number of amides is 1. The molecule has 26 heavy (non-hydrogen) atoms.